The molecule has 3 rings (SSSR count). The van der Waals surface area contributed by atoms with Crippen LogP contribution in [0.15, 0.2) is 41.6 Å². The van der Waals surface area contributed by atoms with E-state index in [0.717, 1.165) is 11.2 Å². The van der Waals surface area contributed by atoms with Gasteiger partial charge in [-0.3, -0.25) is 0 Å². The topological polar surface area (TPSA) is 24.9 Å². The minimum Gasteiger partial charge on any atom is -0.394 e. The zero-order valence-electron chi connectivity index (χ0n) is 14.3. The van der Waals surface area contributed by atoms with Crippen LogP contribution < -0.4 is 5.32 Å². The van der Waals surface area contributed by atoms with Gasteiger partial charge >= 0.3 is 0 Å². The van der Waals surface area contributed by atoms with Gasteiger partial charge in [0.25, 0.3) is 0 Å². The van der Waals surface area contributed by atoms with E-state index < -0.39 is 0 Å². The number of hydrogen-bond acceptors (Lipinski definition) is 2. The van der Waals surface area contributed by atoms with Gasteiger partial charge in [0.05, 0.1) is 11.2 Å². The minimum absolute atomic E-state index is 0.0502. The van der Waals surface area contributed by atoms with Crippen molar-refractivity contribution in [3.63, 3.8) is 0 Å². The van der Waals surface area contributed by atoms with Gasteiger partial charge in [0, 0.05) is 24.0 Å². The van der Waals surface area contributed by atoms with Crippen molar-refractivity contribution in [2.24, 2.45) is 0 Å². The van der Waals surface area contributed by atoms with Gasteiger partial charge in [0.2, 0.25) is 0 Å². The smallest absolute Gasteiger partial charge is 0.0712 e. The van der Waals surface area contributed by atoms with E-state index in [-0.39, 0.29) is 5.41 Å². The Morgan fingerprint density at radius 3 is 2.50 bits per heavy atom. The molecule has 22 heavy (non-hydrogen) atoms. The zero-order valence-corrected chi connectivity index (χ0v) is 14.3. The van der Waals surface area contributed by atoms with Crippen LogP contribution in [0.5, 0.6) is 0 Å². The number of pyridine rings is 1. The molecule has 0 saturated carbocycles. The highest BCUT2D eigenvalue weighted by Crippen LogP contribution is 2.46. The summed E-state index contributed by atoms with van der Waals surface area (Å²) in [5.74, 6) is 0. The number of allylic oxidation sites excluding steroid dienone is 3. The quantitative estimate of drug-likeness (QED) is 0.822. The molecule has 114 valence electrons. The molecule has 0 fully saturated rings. The molecule has 0 radical (unpaired) electrons. The van der Waals surface area contributed by atoms with E-state index in [9.17, 15) is 0 Å². The summed E-state index contributed by atoms with van der Waals surface area (Å²) in [5.41, 5.74) is 8.73. The Labute approximate surface area is 133 Å². The molecule has 2 nitrogen and oxygen atoms in total. The lowest BCUT2D eigenvalue weighted by atomic mass is 9.68. The van der Waals surface area contributed by atoms with Crippen LogP contribution in [-0.4, -0.2) is 12.0 Å². The molecule has 0 saturated heterocycles. The molecule has 0 atom stereocenters. The van der Waals surface area contributed by atoms with E-state index in [1.807, 2.05) is 7.05 Å². The fourth-order valence-electron chi connectivity index (χ4n) is 3.53. The monoisotopic (exact) mass is 292 g/mol. The molecule has 0 unspecified atom stereocenters. The maximum Gasteiger partial charge on any atom is 0.0712 e. The number of nitrogens with zero attached hydrogens (tertiary/aromatic N) is 1. The van der Waals surface area contributed by atoms with Crippen LogP contribution in [0.2, 0.25) is 0 Å². The van der Waals surface area contributed by atoms with Gasteiger partial charge in [-0.25, -0.2) is 4.98 Å². The van der Waals surface area contributed by atoms with Crippen molar-refractivity contribution >= 4 is 16.5 Å². The maximum atomic E-state index is 4.99. The van der Waals surface area contributed by atoms with Crippen LogP contribution in [0, 0.1) is 6.92 Å². The minimum atomic E-state index is -0.0502. The van der Waals surface area contributed by atoms with E-state index in [0.29, 0.717) is 0 Å². The first kappa shape index (κ1) is 14.8. The predicted molar refractivity (Wildman–Crippen MR) is 94.9 cm³/mol. The number of benzene rings is 1. The van der Waals surface area contributed by atoms with Crippen molar-refractivity contribution in [2.75, 3.05) is 7.05 Å². The standard InChI is InChI=1S/C20H24N2/c1-12-8-7-9-18-15(12)10-16-19(22-18)14(3)13(2)17(11-21-6)20(16,4)5/h7-11,21H,1-6H3/b17-11+. The Morgan fingerprint density at radius 1 is 1.09 bits per heavy atom. The first-order chi connectivity index (χ1) is 10.4. The maximum absolute atomic E-state index is 4.99. The number of nitrogens with one attached hydrogen (secondary N) is 1. The number of rotatable bonds is 1. The van der Waals surface area contributed by atoms with Crippen LogP contribution in [0.1, 0.15) is 44.5 Å². The van der Waals surface area contributed by atoms with Crippen LogP contribution >= 0.6 is 0 Å². The third-order valence-corrected chi connectivity index (χ3v) is 5.03. The van der Waals surface area contributed by atoms with Crippen LogP contribution in [-0.2, 0) is 5.41 Å². The second-order valence-corrected chi connectivity index (χ2v) is 6.75. The van der Waals surface area contributed by atoms with Gasteiger partial charge in [-0.2, -0.15) is 0 Å². The first-order valence-electron chi connectivity index (χ1n) is 7.85. The molecule has 1 heterocycles. The molecule has 0 amide bonds. The van der Waals surface area contributed by atoms with Crippen molar-refractivity contribution in [2.45, 2.75) is 40.0 Å². The number of aromatic nitrogens is 1. The second-order valence-electron chi connectivity index (χ2n) is 6.75. The third-order valence-electron chi connectivity index (χ3n) is 5.03. The summed E-state index contributed by atoms with van der Waals surface area (Å²) >= 11 is 0. The van der Waals surface area contributed by atoms with Crippen LogP contribution in [0.3, 0.4) is 0 Å². The number of hydrogen-bond donors (Lipinski definition) is 1. The van der Waals surface area contributed by atoms with Gasteiger partial charge in [-0.05, 0) is 60.8 Å². The molecule has 1 aromatic heterocycles. The van der Waals surface area contributed by atoms with Crippen molar-refractivity contribution in [1.29, 1.82) is 0 Å². The van der Waals surface area contributed by atoms with Crippen molar-refractivity contribution in [3.8, 4) is 0 Å². The summed E-state index contributed by atoms with van der Waals surface area (Å²) in [6, 6.07) is 8.69. The third kappa shape index (κ3) is 1.98. The Bertz CT molecular complexity index is 823. The normalized spacial score (nSPS) is 18.7. The molecule has 1 aromatic carbocycles. The number of aryl methyl sites for hydroxylation is 1. The molecule has 0 aliphatic heterocycles. The summed E-state index contributed by atoms with van der Waals surface area (Å²) in [5, 5.41) is 4.46. The van der Waals surface area contributed by atoms with Crippen molar-refractivity contribution in [3.05, 3.63) is 58.4 Å². The summed E-state index contributed by atoms with van der Waals surface area (Å²) in [7, 11) is 1.96. The fraction of sp³-hybridized carbons (Fsp3) is 0.350. The van der Waals surface area contributed by atoms with Gasteiger partial charge < -0.3 is 5.32 Å². The molecule has 2 heteroatoms. The highest BCUT2D eigenvalue weighted by atomic mass is 14.8. The molecular weight excluding hydrogens is 268 g/mol. The lowest BCUT2D eigenvalue weighted by Gasteiger charge is -2.36. The van der Waals surface area contributed by atoms with E-state index in [4.69, 9.17) is 4.98 Å². The summed E-state index contributed by atoms with van der Waals surface area (Å²) in [4.78, 5) is 4.99. The molecule has 2 aromatic rings. The van der Waals surface area contributed by atoms with Crippen molar-refractivity contribution < 1.29 is 0 Å². The van der Waals surface area contributed by atoms with Gasteiger partial charge in [-0.1, -0.05) is 26.0 Å². The average Bonchev–Trinajstić information content (AvgIpc) is 2.49. The van der Waals surface area contributed by atoms with Gasteiger partial charge in [-0.15, -0.1) is 0 Å². The van der Waals surface area contributed by atoms with Gasteiger partial charge in [0.15, 0.2) is 0 Å². The lowest BCUT2D eigenvalue weighted by molar-refractivity contribution is 0.614. The Kier molecular flexibility index (Phi) is 3.36. The molecule has 1 N–H and O–H groups in total. The Hall–Kier alpha value is -2.09. The Morgan fingerprint density at radius 2 is 1.82 bits per heavy atom. The van der Waals surface area contributed by atoms with Crippen LogP contribution in [0.4, 0.5) is 0 Å². The molecule has 1 aliphatic carbocycles. The van der Waals surface area contributed by atoms with Crippen LogP contribution in [0.25, 0.3) is 16.5 Å². The Balaban J connectivity index is 2.41. The first-order valence-corrected chi connectivity index (χ1v) is 7.85. The summed E-state index contributed by atoms with van der Waals surface area (Å²) < 4.78 is 0. The number of fused-ring (bicyclic) bond motifs is 2. The second kappa shape index (κ2) is 4.98. The van der Waals surface area contributed by atoms with E-state index >= 15 is 0 Å². The van der Waals surface area contributed by atoms with Crippen molar-refractivity contribution in [1.82, 2.24) is 10.3 Å². The summed E-state index contributed by atoms with van der Waals surface area (Å²) in [6.07, 6.45) is 2.13. The molecule has 1 aliphatic rings. The van der Waals surface area contributed by atoms with E-state index in [2.05, 4.69) is 70.4 Å². The SMILES string of the molecule is CN/C=C1\C(C)=C(C)c2nc3cccc(C)c3cc2C1(C)C. The zero-order chi connectivity index (χ0) is 16.1. The predicted octanol–water partition coefficient (Wildman–Crippen LogP) is 4.73. The fourth-order valence-corrected chi connectivity index (χ4v) is 3.53. The van der Waals surface area contributed by atoms with E-state index in [1.54, 1.807) is 0 Å². The average molecular weight is 292 g/mol. The van der Waals surface area contributed by atoms with E-state index in [1.165, 1.54) is 33.2 Å². The highest BCUT2D eigenvalue weighted by Gasteiger charge is 2.35. The molecular formula is C20H24N2. The summed E-state index contributed by atoms with van der Waals surface area (Å²) in [6.45, 7) is 11.1. The van der Waals surface area contributed by atoms with Gasteiger partial charge in [0.1, 0.15) is 0 Å². The molecule has 0 spiro atoms. The largest absolute Gasteiger partial charge is 0.394 e. The molecule has 0 bridgehead atoms. The lowest BCUT2D eigenvalue weighted by Crippen LogP contribution is -2.28. The highest BCUT2D eigenvalue weighted by molar-refractivity contribution is 5.88.